The highest BCUT2D eigenvalue weighted by Crippen LogP contribution is 2.30. The first-order valence-corrected chi connectivity index (χ1v) is 7.16. The van der Waals surface area contributed by atoms with E-state index in [2.05, 4.69) is 63.2 Å². The second-order valence-corrected chi connectivity index (χ2v) is 6.00. The highest BCUT2D eigenvalue weighted by molar-refractivity contribution is 9.11. The average molecular weight is 324 g/mol. The summed E-state index contributed by atoms with van der Waals surface area (Å²) < 4.78 is 1.18. The Bertz CT molecular complexity index is 284. The van der Waals surface area contributed by atoms with E-state index in [1.54, 1.807) is 0 Å². The molecule has 0 amide bonds. The highest BCUT2D eigenvalue weighted by Gasteiger charge is 2.06. The Labute approximate surface area is 101 Å². The zero-order chi connectivity index (χ0) is 9.84. The van der Waals surface area contributed by atoms with Crippen molar-refractivity contribution in [1.29, 1.82) is 0 Å². The summed E-state index contributed by atoms with van der Waals surface area (Å²) in [5, 5.41) is 0. The third-order valence-electron chi connectivity index (χ3n) is 1.80. The predicted molar refractivity (Wildman–Crippen MR) is 68.7 cm³/mol. The molecule has 0 aromatic heterocycles. The standard InChI is InChI=1S/C10H12Br2S/c1-7(11)9-5-8(6-13-2)3-4-10(9)12/h3-5,7H,6H2,1-2H3. The third-order valence-corrected chi connectivity index (χ3v) is 3.64. The minimum absolute atomic E-state index is 0.406. The first-order chi connectivity index (χ1) is 6.15. The van der Waals surface area contributed by atoms with Gasteiger partial charge in [0.15, 0.2) is 0 Å². The van der Waals surface area contributed by atoms with Crippen molar-refractivity contribution in [1.82, 2.24) is 0 Å². The molecule has 1 atom stereocenters. The number of benzene rings is 1. The summed E-state index contributed by atoms with van der Waals surface area (Å²) in [5.74, 6) is 1.08. The Morgan fingerprint density at radius 2 is 2.15 bits per heavy atom. The number of hydrogen-bond donors (Lipinski definition) is 0. The number of rotatable bonds is 3. The van der Waals surface area contributed by atoms with Gasteiger partial charge in [-0.15, -0.1) is 0 Å². The summed E-state index contributed by atoms with van der Waals surface area (Å²) in [6, 6.07) is 6.54. The summed E-state index contributed by atoms with van der Waals surface area (Å²) in [7, 11) is 0. The Morgan fingerprint density at radius 3 is 2.69 bits per heavy atom. The van der Waals surface area contributed by atoms with Gasteiger partial charge in [-0.25, -0.2) is 0 Å². The lowest BCUT2D eigenvalue weighted by atomic mass is 10.1. The van der Waals surface area contributed by atoms with Crippen LogP contribution in [-0.4, -0.2) is 6.26 Å². The molecule has 0 nitrogen and oxygen atoms in total. The molecule has 0 heterocycles. The smallest absolute Gasteiger partial charge is 0.0378 e. The SMILES string of the molecule is CSCc1ccc(Br)c(C(C)Br)c1. The molecule has 0 N–H and O–H groups in total. The van der Waals surface area contributed by atoms with Crippen LogP contribution in [0.1, 0.15) is 22.9 Å². The highest BCUT2D eigenvalue weighted by atomic mass is 79.9. The predicted octanol–water partition coefficient (Wildman–Crippen LogP) is 4.77. The molecule has 0 aliphatic carbocycles. The zero-order valence-electron chi connectivity index (χ0n) is 7.68. The van der Waals surface area contributed by atoms with E-state index in [1.807, 2.05) is 11.8 Å². The monoisotopic (exact) mass is 322 g/mol. The molecule has 0 bridgehead atoms. The summed E-state index contributed by atoms with van der Waals surface area (Å²) in [4.78, 5) is 0.406. The van der Waals surface area contributed by atoms with Gasteiger partial charge in [0.05, 0.1) is 0 Å². The molecule has 0 aliphatic heterocycles. The Kier molecular flexibility index (Phi) is 4.84. The van der Waals surface area contributed by atoms with Crippen molar-refractivity contribution < 1.29 is 0 Å². The van der Waals surface area contributed by atoms with Gasteiger partial charge in [-0.05, 0) is 30.4 Å². The average Bonchev–Trinajstić information content (AvgIpc) is 2.08. The van der Waals surface area contributed by atoms with E-state index >= 15 is 0 Å². The van der Waals surface area contributed by atoms with E-state index in [9.17, 15) is 0 Å². The van der Waals surface area contributed by atoms with Crippen LogP contribution in [0.2, 0.25) is 0 Å². The number of alkyl halides is 1. The van der Waals surface area contributed by atoms with Gasteiger partial charge in [0.1, 0.15) is 0 Å². The van der Waals surface area contributed by atoms with Gasteiger partial charge in [0, 0.05) is 15.1 Å². The van der Waals surface area contributed by atoms with Gasteiger partial charge < -0.3 is 0 Å². The minimum Gasteiger partial charge on any atom is -0.161 e. The van der Waals surface area contributed by atoms with Gasteiger partial charge in [0.2, 0.25) is 0 Å². The molecule has 13 heavy (non-hydrogen) atoms. The van der Waals surface area contributed by atoms with Crippen molar-refractivity contribution in [3.05, 3.63) is 33.8 Å². The summed E-state index contributed by atoms with van der Waals surface area (Å²) in [6.45, 7) is 2.14. The Balaban J connectivity index is 2.97. The maximum absolute atomic E-state index is 3.58. The summed E-state index contributed by atoms with van der Waals surface area (Å²) >= 11 is 8.98. The van der Waals surface area contributed by atoms with E-state index in [0.29, 0.717) is 4.83 Å². The first kappa shape index (κ1) is 11.6. The molecule has 3 heteroatoms. The molecule has 0 spiro atoms. The van der Waals surface area contributed by atoms with Gasteiger partial charge in [-0.3, -0.25) is 0 Å². The maximum atomic E-state index is 3.58. The lowest BCUT2D eigenvalue weighted by Crippen LogP contribution is -1.89. The number of halogens is 2. The minimum atomic E-state index is 0.406. The van der Waals surface area contributed by atoms with Crippen LogP contribution in [0, 0.1) is 0 Å². The quantitative estimate of drug-likeness (QED) is 0.722. The summed E-state index contributed by atoms with van der Waals surface area (Å²) in [5.41, 5.74) is 2.71. The fraction of sp³-hybridized carbons (Fsp3) is 0.400. The van der Waals surface area contributed by atoms with Crippen LogP contribution in [0.5, 0.6) is 0 Å². The van der Waals surface area contributed by atoms with Crippen LogP contribution in [0.25, 0.3) is 0 Å². The summed E-state index contributed by atoms with van der Waals surface area (Å²) in [6.07, 6.45) is 2.12. The fourth-order valence-corrected chi connectivity index (χ4v) is 2.94. The molecule has 1 aromatic carbocycles. The molecule has 1 unspecified atom stereocenters. The van der Waals surface area contributed by atoms with E-state index in [0.717, 1.165) is 5.75 Å². The molecule has 0 fully saturated rings. The fourth-order valence-electron chi connectivity index (χ4n) is 1.15. The molecule has 1 aromatic rings. The van der Waals surface area contributed by atoms with E-state index < -0.39 is 0 Å². The maximum Gasteiger partial charge on any atom is 0.0378 e. The molecule has 0 radical (unpaired) electrons. The molecule has 1 rings (SSSR count). The van der Waals surface area contributed by atoms with E-state index in [4.69, 9.17) is 0 Å². The number of hydrogen-bond acceptors (Lipinski definition) is 1. The lowest BCUT2D eigenvalue weighted by Gasteiger charge is -2.08. The molecular weight excluding hydrogens is 312 g/mol. The van der Waals surface area contributed by atoms with E-state index in [-0.39, 0.29) is 0 Å². The molecule has 72 valence electrons. The molecule has 0 saturated heterocycles. The third kappa shape index (κ3) is 3.30. The lowest BCUT2D eigenvalue weighted by molar-refractivity contribution is 1.10. The molecular formula is C10H12Br2S. The van der Waals surface area contributed by atoms with Crippen molar-refractivity contribution in [2.24, 2.45) is 0 Å². The van der Waals surface area contributed by atoms with Crippen LogP contribution in [0.4, 0.5) is 0 Å². The van der Waals surface area contributed by atoms with E-state index in [1.165, 1.54) is 15.6 Å². The van der Waals surface area contributed by atoms with Crippen molar-refractivity contribution in [3.63, 3.8) is 0 Å². The second kappa shape index (κ2) is 5.42. The molecule has 0 aliphatic rings. The number of thioether (sulfide) groups is 1. The van der Waals surface area contributed by atoms with Crippen LogP contribution in [-0.2, 0) is 5.75 Å². The molecule has 0 saturated carbocycles. The van der Waals surface area contributed by atoms with Crippen LogP contribution >= 0.6 is 43.6 Å². The van der Waals surface area contributed by atoms with Crippen LogP contribution in [0.3, 0.4) is 0 Å². The normalized spacial score (nSPS) is 12.9. The van der Waals surface area contributed by atoms with Crippen molar-refractivity contribution in [3.8, 4) is 0 Å². The zero-order valence-corrected chi connectivity index (χ0v) is 11.7. The van der Waals surface area contributed by atoms with Crippen LogP contribution < -0.4 is 0 Å². The van der Waals surface area contributed by atoms with Crippen molar-refractivity contribution >= 4 is 43.6 Å². The second-order valence-electron chi connectivity index (χ2n) is 2.90. The van der Waals surface area contributed by atoms with Crippen molar-refractivity contribution in [2.75, 3.05) is 6.26 Å². The topological polar surface area (TPSA) is 0 Å². The first-order valence-electron chi connectivity index (χ1n) is 4.06. The Hall–Kier alpha value is 0.530. The van der Waals surface area contributed by atoms with Gasteiger partial charge in [-0.1, -0.05) is 44.0 Å². The van der Waals surface area contributed by atoms with Crippen LogP contribution in [0.15, 0.2) is 22.7 Å². The van der Waals surface area contributed by atoms with Gasteiger partial charge in [0.25, 0.3) is 0 Å². The Morgan fingerprint density at radius 1 is 1.46 bits per heavy atom. The van der Waals surface area contributed by atoms with Gasteiger partial charge >= 0.3 is 0 Å². The van der Waals surface area contributed by atoms with Crippen molar-refractivity contribution in [2.45, 2.75) is 17.5 Å². The van der Waals surface area contributed by atoms with Gasteiger partial charge in [-0.2, -0.15) is 11.8 Å². The largest absolute Gasteiger partial charge is 0.161 e.